The van der Waals surface area contributed by atoms with Crippen LogP contribution in [0.25, 0.3) is 0 Å². The van der Waals surface area contributed by atoms with E-state index in [1.165, 1.54) is 18.4 Å². The van der Waals surface area contributed by atoms with Gasteiger partial charge < -0.3 is 15.5 Å². The summed E-state index contributed by atoms with van der Waals surface area (Å²) in [5.41, 5.74) is 1.20. The van der Waals surface area contributed by atoms with Crippen molar-refractivity contribution in [3.05, 3.63) is 18.0 Å². The summed E-state index contributed by atoms with van der Waals surface area (Å²) in [6.45, 7) is 3.70. The van der Waals surface area contributed by atoms with Gasteiger partial charge in [0.25, 0.3) is 0 Å². The van der Waals surface area contributed by atoms with Gasteiger partial charge in [0, 0.05) is 31.4 Å². The van der Waals surface area contributed by atoms with Crippen molar-refractivity contribution in [2.45, 2.75) is 31.8 Å². The molecule has 1 atom stereocenters. The Kier molecular flexibility index (Phi) is 5.00. The van der Waals surface area contributed by atoms with E-state index >= 15 is 0 Å². The standard InChI is InChI=1S/C14H26N6/c1-5-15-14(18-12-6-7-12)16-9-13(19(2)3)11-8-17-20(4)10-11/h8,10,12-13H,5-7,9H2,1-4H3,(H2,15,16,18). The normalized spacial score (nSPS) is 17.4. The SMILES string of the molecule is CCNC(=NCC(c1cnn(C)c1)N(C)C)NC1CC1. The number of likely N-dealkylation sites (N-methyl/N-ethyl adjacent to an activating group) is 1. The first-order valence-electron chi connectivity index (χ1n) is 7.30. The van der Waals surface area contributed by atoms with Crippen molar-refractivity contribution in [3.8, 4) is 0 Å². The monoisotopic (exact) mass is 278 g/mol. The van der Waals surface area contributed by atoms with Crippen LogP contribution in [0.2, 0.25) is 0 Å². The van der Waals surface area contributed by atoms with Crippen LogP contribution < -0.4 is 10.6 Å². The lowest BCUT2D eigenvalue weighted by atomic mass is 10.1. The Morgan fingerprint density at radius 3 is 2.80 bits per heavy atom. The van der Waals surface area contributed by atoms with E-state index in [4.69, 9.17) is 4.99 Å². The van der Waals surface area contributed by atoms with Crippen molar-refractivity contribution >= 4 is 5.96 Å². The number of nitrogens with one attached hydrogen (secondary N) is 2. The van der Waals surface area contributed by atoms with E-state index in [2.05, 4.69) is 47.8 Å². The summed E-state index contributed by atoms with van der Waals surface area (Å²) in [5, 5.41) is 11.0. The average Bonchev–Trinajstić information content (AvgIpc) is 3.10. The van der Waals surface area contributed by atoms with E-state index in [0.717, 1.165) is 19.0 Å². The Morgan fingerprint density at radius 1 is 1.55 bits per heavy atom. The first-order chi connectivity index (χ1) is 9.60. The van der Waals surface area contributed by atoms with E-state index < -0.39 is 0 Å². The second kappa shape index (κ2) is 6.74. The second-order valence-electron chi connectivity index (χ2n) is 5.56. The maximum atomic E-state index is 4.72. The predicted octanol–water partition coefficient (Wildman–Crippen LogP) is 0.740. The highest BCUT2D eigenvalue weighted by molar-refractivity contribution is 5.80. The molecule has 2 N–H and O–H groups in total. The van der Waals surface area contributed by atoms with Gasteiger partial charge in [0.1, 0.15) is 0 Å². The Hall–Kier alpha value is -1.56. The summed E-state index contributed by atoms with van der Waals surface area (Å²) < 4.78 is 1.84. The van der Waals surface area contributed by atoms with Gasteiger partial charge in [-0.1, -0.05) is 0 Å². The molecule has 1 fully saturated rings. The van der Waals surface area contributed by atoms with Gasteiger partial charge in [-0.05, 0) is 33.9 Å². The molecule has 6 nitrogen and oxygen atoms in total. The molecule has 0 radical (unpaired) electrons. The van der Waals surface area contributed by atoms with E-state index in [-0.39, 0.29) is 6.04 Å². The predicted molar refractivity (Wildman–Crippen MR) is 81.8 cm³/mol. The minimum atomic E-state index is 0.248. The first-order valence-corrected chi connectivity index (χ1v) is 7.30. The zero-order chi connectivity index (χ0) is 14.5. The number of hydrogen-bond donors (Lipinski definition) is 2. The fraction of sp³-hybridized carbons (Fsp3) is 0.714. The minimum Gasteiger partial charge on any atom is -0.357 e. The van der Waals surface area contributed by atoms with Gasteiger partial charge in [-0.15, -0.1) is 0 Å². The highest BCUT2D eigenvalue weighted by Gasteiger charge is 2.22. The second-order valence-corrected chi connectivity index (χ2v) is 5.56. The molecule has 0 amide bonds. The van der Waals surface area contributed by atoms with Gasteiger partial charge in [-0.3, -0.25) is 9.67 Å². The lowest BCUT2D eigenvalue weighted by Crippen LogP contribution is -2.39. The summed E-state index contributed by atoms with van der Waals surface area (Å²) in [6, 6.07) is 0.863. The number of rotatable bonds is 6. The summed E-state index contributed by atoms with van der Waals surface area (Å²) in [6.07, 6.45) is 6.48. The van der Waals surface area contributed by atoms with E-state index in [1.54, 1.807) is 0 Å². The third kappa shape index (κ3) is 4.23. The quantitative estimate of drug-likeness (QED) is 0.595. The molecule has 1 saturated carbocycles. The van der Waals surface area contributed by atoms with Crippen LogP contribution in [0.4, 0.5) is 0 Å². The topological polar surface area (TPSA) is 57.5 Å². The average molecular weight is 278 g/mol. The van der Waals surface area contributed by atoms with Crippen LogP contribution in [0.15, 0.2) is 17.4 Å². The molecule has 0 aromatic carbocycles. The molecule has 1 aromatic rings. The molecule has 1 aliphatic carbocycles. The van der Waals surface area contributed by atoms with Crippen LogP contribution in [0.1, 0.15) is 31.4 Å². The molecule has 1 unspecified atom stereocenters. The van der Waals surface area contributed by atoms with Crippen LogP contribution in [-0.4, -0.2) is 53.9 Å². The van der Waals surface area contributed by atoms with Crippen LogP contribution in [0.5, 0.6) is 0 Å². The van der Waals surface area contributed by atoms with Gasteiger partial charge in [-0.2, -0.15) is 5.10 Å². The maximum absolute atomic E-state index is 4.72. The molecule has 0 spiro atoms. The molecular formula is C14H26N6. The third-order valence-corrected chi connectivity index (χ3v) is 3.42. The number of nitrogens with zero attached hydrogens (tertiary/aromatic N) is 4. The Balaban J connectivity index is 2.02. The van der Waals surface area contributed by atoms with Crippen molar-refractivity contribution in [3.63, 3.8) is 0 Å². The van der Waals surface area contributed by atoms with Gasteiger partial charge >= 0.3 is 0 Å². The van der Waals surface area contributed by atoms with Gasteiger partial charge in [-0.25, -0.2) is 0 Å². The van der Waals surface area contributed by atoms with Crippen molar-refractivity contribution in [2.24, 2.45) is 12.0 Å². The van der Waals surface area contributed by atoms with Gasteiger partial charge in [0.15, 0.2) is 5.96 Å². The zero-order valence-corrected chi connectivity index (χ0v) is 12.9. The van der Waals surface area contributed by atoms with E-state index in [0.29, 0.717) is 6.04 Å². The Morgan fingerprint density at radius 2 is 2.30 bits per heavy atom. The molecule has 0 saturated heterocycles. The number of guanidine groups is 1. The summed E-state index contributed by atoms with van der Waals surface area (Å²) in [7, 11) is 6.10. The Labute approximate surface area is 121 Å². The first kappa shape index (κ1) is 14.8. The van der Waals surface area contributed by atoms with Crippen LogP contribution in [-0.2, 0) is 7.05 Å². The molecule has 0 bridgehead atoms. The number of aliphatic imine (C=N–C) groups is 1. The molecule has 2 rings (SSSR count). The van der Waals surface area contributed by atoms with Crippen molar-refractivity contribution < 1.29 is 0 Å². The van der Waals surface area contributed by atoms with Crippen LogP contribution >= 0.6 is 0 Å². The molecular weight excluding hydrogens is 252 g/mol. The molecule has 6 heteroatoms. The molecule has 1 heterocycles. The lowest BCUT2D eigenvalue weighted by molar-refractivity contribution is 0.306. The number of aromatic nitrogens is 2. The number of hydrogen-bond acceptors (Lipinski definition) is 3. The summed E-state index contributed by atoms with van der Waals surface area (Å²) >= 11 is 0. The minimum absolute atomic E-state index is 0.248. The van der Waals surface area contributed by atoms with E-state index in [9.17, 15) is 0 Å². The highest BCUT2D eigenvalue weighted by atomic mass is 15.3. The largest absolute Gasteiger partial charge is 0.357 e. The fourth-order valence-corrected chi connectivity index (χ4v) is 2.10. The van der Waals surface area contributed by atoms with E-state index in [1.807, 2.05) is 17.9 Å². The van der Waals surface area contributed by atoms with Crippen LogP contribution in [0, 0.1) is 0 Å². The number of aryl methyl sites for hydroxylation is 1. The van der Waals surface area contributed by atoms with Crippen molar-refractivity contribution in [1.29, 1.82) is 0 Å². The molecule has 1 aliphatic rings. The fourth-order valence-electron chi connectivity index (χ4n) is 2.10. The Bertz CT molecular complexity index is 446. The maximum Gasteiger partial charge on any atom is 0.191 e. The summed E-state index contributed by atoms with van der Waals surface area (Å²) in [5.74, 6) is 0.922. The highest BCUT2D eigenvalue weighted by Crippen LogP contribution is 2.19. The molecule has 1 aromatic heterocycles. The third-order valence-electron chi connectivity index (χ3n) is 3.42. The molecule has 20 heavy (non-hydrogen) atoms. The molecule has 112 valence electrons. The van der Waals surface area contributed by atoms with Crippen molar-refractivity contribution in [1.82, 2.24) is 25.3 Å². The molecule has 0 aliphatic heterocycles. The zero-order valence-electron chi connectivity index (χ0n) is 12.9. The smallest absolute Gasteiger partial charge is 0.191 e. The van der Waals surface area contributed by atoms with Gasteiger partial charge in [0.05, 0.1) is 18.8 Å². The van der Waals surface area contributed by atoms with Crippen LogP contribution in [0.3, 0.4) is 0 Å². The lowest BCUT2D eigenvalue weighted by Gasteiger charge is -2.22. The van der Waals surface area contributed by atoms with Crippen molar-refractivity contribution in [2.75, 3.05) is 27.2 Å². The van der Waals surface area contributed by atoms with Gasteiger partial charge in [0.2, 0.25) is 0 Å². The summed E-state index contributed by atoms with van der Waals surface area (Å²) in [4.78, 5) is 6.90.